The van der Waals surface area contributed by atoms with Crippen LogP contribution in [0.1, 0.15) is 18.2 Å². The molecule has 112 valence electrons. The number of nitrogens with zero attached hydrogens (tertiary/aromatic N) is 5. The molecular weight excluding hydrogens is 343 g/mol. The molecule has 0 fully saturated rings. The van der Waals surface area contributed by atoms with Crippen molar-refractivity contribution in [3.05, 3.63) is 34.1 Å². The number of halogens is 2. The van der Waals surface area contributed by atoms with E-state index in [1.54, 1.807) is 13.1 Å². The largest absolute Gasteiger partial charge is 0.271 e. The Morgan fingerprint density at radius 2 is 2.38 bits per heavy atom. The maximum atomic E-state index is 13.6. The van der Waals surface area contributed by atoms with E-state index in [-0.39, 0.29) is 18.0 Å². The number of nitrogens with one attached hydrogen (secondary N) is 1. The number of aromatic nitrogens is 4. The monoisotopic (exact) mass is 356 g/mol. The summed E-state index contributed by atoms with van der Waals surface area (Å²) in [5.41, 5.74) is 3.32. The zero-order valence-electron chi connectivity index (χ0n) is 11.5. The van der Waals surface area contributed by atoms with Gasteiger partial charge in [-0.2, -0.15) is 19.7 Å². The van der Waals surface area contributed by atoms with Crippen LogP contribution in [-0.4, -0.2) is 31.7 Å². The second-order valence-corrected chi connectivity index (χ2v) is 5.11. The predicted octanol–water partition coefficient (Wildman–Crippen LogP) is 1.46. The van der Waals surface area contributed by atoms with Crippen LogP contribution in [0.2, 0.25) is 0 Å². The van der Waals surface area contributed by atoms with Gasteiger partial charge in [-0.1, -0.05) is 0 Å². The van der Waals surface area contributed by atoms with Crippen molar-refractivity contribution in [3.63, 3.8) is 0 Å². The lowest BCUT2D eigenvalue weighted by molar-refractivity contribution is -0.121. The third kappa shape index (κ3) is 3.75. The van der Waals surface area contributed by atoms with Crippen LogP contribution in [0.15, 0.2) is 22.0 Å². The average molecular weight is 357 g/mol. The smallest absolute Gasteiger partial charge is 0.261 e. The molecule has 1 amide bonds. The van der Waals surface area contributed by atoms with E-state index >= 15 is 0 Å². The molecule has 7 nitrogen and oxygen atoms in total. The van der Waals surface area contributed by atoms with Crippen LogP contribution in [0.4, 0.5) is 4.39 Å². The number of amides is 1. The standard InChI is InChI=1S/C12H14BrFN6O/c1-3-20-12(14)9(5-16-20)4-15-17-11(21)7-19-6-10(13)8(2)18-19/h4-6H,3,7H2,1-2H3,(H,17,21)/b15-4+. The van der Waals surface area contributed by atoms with E-state index in [1.165, 1.54) is 21.8 Å². The number of carbonyl (C=O) groups excluding carboxylic acids is 1. The Kier molecular flexibility index (Phi) is 4.84. The van der Waals surface area contributed by atoms with Gasteiger partial charge in [0, 0.05) is 12.7 Å². The van der Waals surface area contributed by atoms with Crippen molar-refractivity contribution in [2.45, 2.75) is 26.9 Å². The fourth-order valence-corrected chi connectivity index (χ4v) is 1.94. The topological polar surface area (TPSA) is 77.1 Å². The third-order valence-corrected chi connectivity index (χ3v) is 3.46. The molecule has 0 saturated carbocycles. The summed E-state index contributed by atoms with van der Waals surface area (Å²) in [4.78, 5) is 11.7. The predicted molar refractivity (Wildman–Crippen MR) is 78.3 cm³/mol. The first-order valence-electron chi connectivity index (χ1n) is 6.24. The van der Waals surface area contributed by atoms with Crippen molar-refractivity contribution in [3.8, 4) is 0 Å². The fraction of sp³-hybridized carbons (Fsp3) is 0.333. The Hall–Kier alpha value is -2.03. The quantitative estimate of drug-likeness (QED) is 0.650. The molecule has 21 heavy (non-hydrogen) atoms. The van der Waals surface area contributed by atoms with Gasteiger partial charge in [0.25, 0.3) is 5.91 Å². The number of carbonyl (C=O) groups is 1. The molecule has 1 N–H and O–H groups in total. The second kappa shape index (κ2) is 6.61. The lowest BCUT2D eigenvalue weighted by Crippen LogP contribution is -2.23. The second-order valence-electron chi connectivity index (χ2n) is 4.26. The lowest BCUT2D eigenvalue weighted by Gasteiger charge is -1.99. The van der Waals surface area contributed by atoms with Crippen molar-refractivity contribution < 1.29 is 9.18 Å². The summed E-state index contributed by atoms with van der Waals surface area (Å²) in [6, 6.07) is 0. The lowest BCUT2D eigenvalue weighted by atomic mass is 10.4. The van der Waals surface area contributed by atoms with E-state index in [1.807, 2.05) is 6.92 Å². The minimum absolute atomic E-state index is 0.0283. The summed E-state index contributed by atoms with van der Waals surface area (Å²) < 4.78 is 17.1. The maximum absolute atomic E-state index is 13.6. The SMILES string of the molecule is CCn1ncc(/C=N/NC(=O)Cn2cc(Br)c(C)n2)c1F. The van der Waals surface area contributed by atoms with Crippen LogP contribution in [0.5, 0.6) is 0 Å². The van der Waals surface area contributed by atoms with E-state index in [0.717, 1.165) is 10.2 Å². The van der Waals surface area contributed by atoms with Crippen LogP contribution < -0.4 is 5.43 Å². The molecule has 0 aliphatic rings. The summed E-state index contributed by atoms with van der Waals surface area (Å²) in [5.74, 6) is -0.841. The summed E-state index contributed by atoms with van der Waals surface area (Å²) in [5, 5.41) is 11.7. The third-order valence-electron chi connectivity index (χ3n) is 2.69. The normalized spacial score (nSPS) is 11.2. The number of hydrogen-bond acceptors (Lipinski definition) is 4. The first-order chi connectivity index (χ1) is 10.0. The fourth-order valence-electron chi connectivity index (χ4n) is 1.62. The van der Waals surface area contributed by atoms with Gasteiger partial charge in [0.2, 0.25) is 5.95 Å². The molecule has 2 heterocycles. The minimum Gasteiger partial charge on any atom is -0.271 e. The van der Waals surface area contributed by atoms with Gasteiger partial charge in [0.15, 0.2) is 0 Å². The molecule has 0 saturated heterocycles. The maximum Gasteiger partial charge on any atom is 0.261 e. The van der Waals surface area contributed by atoms with Crippen LogP contribution in [0.3, 0.4) is 0 Å². The molecule has 0 bridgehead atoms. The molecule has 2 rings (SSSR count). The zero-order valence-corrected chi connectivity index (χ0v) is 13.1. The van der Waals surface area contributed by atoms with Crippen LogP contribution in [0, 0.1) is 12.9 Å². The molecule has 0 aromatic carbocycles. The zero-order chi connectivity index (χ0) is 15.4. The van der Waals surface area contributed by atoms with Crippen molar-refractivity contribution >= 4 is 28.1 Å². The number of aryl methyl sites for hydroxylation is 2. The number of hydrazone groups is 1. The average Bonchev–Trinajstić information content (AvgIpc) is 2.93. The van der Waals surface area contributed by atoms with E-state index in [0.29, 0.717) is 6.54 Å². The van der Waals surface area contributed by atoms with Gasteiger partial charge in [-0.3, -0.25) is 9.48 Å². The van der Waals surface area contributed by atoms with Crippen LogP contribution in [0.25, 0.3) is 0 Å². The number of rotatable bonds is 5. The van der Waals surface area contributed by atoms with Crippen LogP contribution >= 0.6 is 15.9 Å². The number of hydrogen-bond donors (Lipinski definition) is 1. The first kappa shape index (κ1) is 15.4. The minimum atomic E-state index is -0.484. The van der Waals surface area contributed by atoms with Gasteiger partial charge in [-0.15, -0.1) is 0 Å². The molecule has 0 aliphatic heterocycles. The highest BCUT2D eigenvalue weighted by atomic mass is 79.9. The molecule has 0 spiro atoms. The summed E-state index contributed by atoms with van der Waals surface area (Å²) in [7, 11) is 0. The van der Waals surface area contributed by atoms with Gasteiger partial charge in [0.1, 0.15) is 6.54 Å². The van der Waals surface area contributed by atoms with E-state index in [9.17, 15) is 9.18 Å². The van der Waals surface area contributed by atoms with E-state index < -0.39 is 5.95 Å². The molecule has 9 heteroatoms. The Labute approximate surface area is 129 Å². The van der Waals surface area contributed by atoms with Gasteiger partial charge in [-0.05, 0) is 29.8 Å². The van der Waals surface area contributed by atoms with Gasteiger partial charge in [0.05, 0.1) is 28.1 Å². The highest BCUT2D eigenvalue weighted by Crippen LogP contribution is 2.12. The Morgan fingerprint density at radius 3 is 2.95 bits per heavy atom. The Balaban J connectivity index is 1.91. The molecule has 2 aromatic heterocycles. The summed E-state index contributed by atoms with van der Waals surface area (Å²) in [6.07, 6.45) is 4.27. The first-order valence-corrected chi connectivity index (χ1v) is 7.03. The summed E-state index contributed by atoms with van der Waals surface area (Å²) in [6.45, 7) is 4.06. The Bertz CT molecular complexity index is 658. The van der Waals surface area contributed by atoms with Crippen molar-refractivity contribution in [1.82, 2.24) is 25.0 Å². The van der Waals surface area contributed by atoms with Crippen molar-refractivity contribution in [2.75, 3.05) is 0 Å². The molecule has 0 aliphatic carbocycles. The van der Waals surface area contributed by atoms with E-state index in [2.05, 4.69) is 36.7 Å². The molecule has 2 aromatic rings. The van der Waals surface area contributed by atoms with Crippen LogP contribution in [-0.2, 0) is 17.9 Å². The van der Waals surface area contributed by atoms with E-state index in [4.69, 9.17) is 0 Å². The van der Waals surface area contributed by atoms with Crippen molar-refractivity contribution in [1.29, 1.82) is 0 Å². The highest BCUT2D eigenvalue weighted by Gasteiger charge is 2.08. The molecular formula is C12H14BrFN6O. The molecule has 0 atom stereocenters. The van der Waals surface area contributed by atoms with Gasteiger partial charge >= 0.3 is 0 Å². The van der Waals surface area contributed by atoms with Crippen molar-refractivity contribution in [2.24, 2.45) is 5.10 Å². The summed E-state index contributed by atoms with van der Waals surface area (Å²) >= 11 is 3.31. The molecule has 0 unspecified atom stereocenters. The van der Waals surface area contributed by atoms with Gasteiger partial charge < -0.3 is 0 Å². The molecule has 0 radical (unpaired) electrons. The Morgan fingerprint density at radius 1 is 1.62 bits per heavy atom. The van der Waals surface area contributed by atoms with Gasteiger partial charge in [-0.25, -0.2) is 10.1 Å². The highest BCUT2D eigenvalue weighted by molar-refractivity contribution is 9.10.